The van der Waals surface area contributed by atoms with Gasteiger partial charge in [-0.25, -0.2) is 0 Å². The maximum absolute atomic E-state index is 12.0. The van der Waals surface area contributed by atoms with E-state index in [0.717, 1.165) is 36.9 Å². The number of carbonyl (C=O) groups excluding carboxylic acids is 1. The van der Waals surface area contributed by atoms with Crippen LogP contribution in [-0.4, -0.2) is 29.3 Å². The first-order chi connectivity index (χ1) is 12.2. The van der Waals surface area contributed by atoms with E-state index in [1.54, 1.807) is 0 Å². The predicted octanol–water partition coefficient (Wildman–Crippen LogP) is 3.53. The number of benzene rings is 1. The number of ether oxygens (including phenoxy) is 1. The van der Waals surface area contributed by atoms with Gasteiger partial charge in [-0.15, -0.1) is 10.2 Å². The van der Waals surface area contributed by atoms with E-state index in [-0.39, 0.29) is 11.8 Å². The van der Waals surface area contributed by atoms with Crippen molar-refractivity contribution in [3.05, 3.63) is 42.0 Å². The van der Waals surface area contributed by atoms with Crippen LogP contribution >= 0.6 is 0 Å². The lowest BCUT2D eigenvalue weighted by atomic mass is 9.89. The summed E-state index contributed by atoms with van der Waals surface area (Å²) >= 11 is 0. The molecule has 1 N–H and O–H groups in total. The Bertz CT molecular complexity index is 677. The first-order valence-corrected chi connectivity index (χ1v) is 9.03. The van der Waals surface area contributed by atoms with E-state index in [2.05, 4.69) is 34.6 Å². The SMILES string of the molecule is Cc1ccc(-c2ccc(OCCNC(=O)C3CCCCC3)nn2)cc1. The molecule has 25 heavy (non-hydrogen) atoms. The van der Waals surface area contributed by atoms with Crippen molar-refractivity contribution in [2.24, 2.45) is 5.92 Å². The summed E-state index contributed by atoms with van der Waals surface area (Å²) < 4.78 is 5.57. The maximum atomic E-state index is 12.0. The Morgan fingerprint density at radius 2 is 1.84 bits per heavy atom. The average molecular weight is 339 g/mol. The van der Waals surface area contributed by atoms with Crippen LogP contribution in [0.4, 0.5) is 0 Å². The van der Waals surface area contributed by atoms with E-state index in [0.29, 0.717) is 19.0 Å². The van der Waals surface area contributed by atoms with Crippen LogP contribution in [0.25, 0.3) is 11.3 Å². The van der Waals surface area contributed by atoms with Gasteiger partial charge in [-0.3, -0.25) is 4.79 Å². The van der Waals surface area contributed by atoms with Gasteiger partial charge in [-0.05, 0) is 25.8 Å². The molecule has 0 radical (unpaired) electrons. The minimum absolute atomic E-state index is 0.157. The first-order valence-electron chi connectivity index (χ1n) is 9.03. The molecule has 5 heteroatoms. The molecule has 0 spiro atoms. The summed E-state index contributed by atoms with van der Waals surface area (Å²) in [5, 5.41) is 11.3. The highest BCUT2D eigenvalue weighted by atomic mass is 16.5. The molecule has 1 amide bonds. The summed E-state index contributed by atoms with van der Waals surface area (Å²) in [5.74, 6) is 0.814. The molecule has 0 aliphatic heterocycles. The van der Waals surface area contributed by atoms with Crippen molar-refractivity contribution in [3.63, 3.8) is 0 Å². The van der Waals surface area contributed by atoms with E-state index in [1.807, 2.05) is 24.3 Å². The number of nitrogens with one attached hydrogen (secondary N) is 1. The van der Waals surface area contributed by atoms with Crippen LogP contribution < -0.4 is 10.1 Å². The fraction of sp³-hybridized carbons (Fsp3) is 0.450. The zero-order valence-electron chi connectivity index (χ0n) is 14.7. The molecule has 3 rings (SSSR count). The standard InChI is InChI=1S/C20H25N3O2/c1-15-7-9-16(10-8-15)18-11-12-19(23-22-18)25-14-13-21-20(24)17-5-3-2-4-6-17/h7-12,17H,2-6,13-14H2,1H3,(H,21,24). The summed E-state index contributed by atoms with van der Waals surface area (Å²) in [6.07, 6.45) is 5.61. The highest BCUT2D eigenvalue weighted by Gasteiger charge is 2.20. The molecule has 0 atom stereocenters. The van der Waals surface area contributed by atoms with E-state index >= 15 is 0 Å². The van der Waals surface area contributed by atoms with Gasteiger partial charge in [0.2, 0.25) is 11.8 Å². The number of nitrogens with zero attached hydrogens (tertiary/aromatic N) is 2. The number of aryl methyl sites for hydroxylation is 1. The van der Waals surface area contributed by atoms with Crippen LogP contribution in [-0.2, 0) is 4.79 Å². The Labute approximate surface area is 148 Å². The number of rotatable bonds is 6. The van der Waals surface area contributed by atoms with Gasteiger partial charge < -0.3 is 10.1 Å². The second-order valence-corrected chi connectivity index (χ2v) is 6.60. The van der Waals surface area contributed by atoms with Gasteiger partial charge in [0.05, 0.1) is 12.2 Å². The second-order valence-electron chi connectivity index (χ2n) is 6.60. The molecular weight excluding hydrogens is 314 g/mol. The van der Waals surface area contributed by atoms with Crippen molar-refractivity contribution in [1.82, 2.24) is 15.5 Å². The minimum Gasteiger partial charge on any atom is -0.475 e. The Balaban J connectivity index is 1.42. The van der Waals surface area contributed by atoms with E-state index in [9.17, 15) is 4.79 Å². The van der Waals surface area contributed by atoms with Crippen molar-refractivity contribution in [3.8, 4) is 17.1 Å². The van der Waals surface area contributed by atoms with Crippen molar-refractivity contribution in [2.45, 2.75) is 39.0 Å². The lowest BCUT2D eigenvalue weighted by Gasteiger charge is -2.20. The number of aromatic nitrogens is 2. The maximum Gasteiger partial charge on any atom is 0.233 e. The molecule has 132 valence electrons. The molecule has 1 aliphatic carbocycles. The van der Waals surface area contributed by atoms with Gasteiger partial charge >= 0.3 is 0 Å². The normalized spacial score (nSPS) is 14.9. The van der Waals surface area contributed by atoms with Crippen LogP contribution in [0.5, 0.6) is 5.88 Å². The fourth-order valence-electron chi connectivity index (χ4n) is 3.11. The summed E-state index contributed by atoms with van der Waals surface area (Å²) in [5.41, 5.74) is 3.06. The van der Waals surface area contributed by atoms with Crippen LogP contribution in [0.1, 0.15) is 37.7 Å². The molecule has 1 aromatic heterocycles. The average Bonchev–Trinajstić information content (AvgIpc) is 2.67. The van der Waals surface area contributed by atoms with Gasteiger partial charge in [-0.2, -0.15) is 0 Å². The smallest absolute Gasteiger partial charge is 0.233 e. The predicted molar refractivity (Wildman–Crippen MR) is 97.3 cm³/mol. The van der Waals surface area contributed by atoms with Crippen molar-refractivity contribution >= 4 is 5.91 Å². The van der Waals surface area contributed by atoms with Crippen molar-refractivity contribution in [2.75, 3.05) is 13.2 Å². The third kappa shape index (κ3) is 5.02. The molecule has 0 saturated heterocycles. The summed E-state index contributed by atoms with van der Waals surface area (Å²) in [6, 6.07) is 11.9. The van der Waals surface area contributed by atoms with E-state index in [1.165, 1.54) is 12.0 Å². The van der Waals surface area contributed by atoms with Crippen LogP contribution in [0.15, 0.2) is 36.4 Å². The Kier molecular flexibility index (Phi) is 5.99. The number of hydrogen-bond donors (Lipinski definition) is 1. The molecular formula is C20H25N3O2. The topological polar surface area (TPSA) is 64.1 Å². The highest BCUT2D eigenvalue weighted by Crippen LogP contribution is 2.23. The Hall–Kier alpha value is -2.43. The zero-order valence-corrected chi connectivity index (χ0v) is 14.7. The molecule has 0 unspecified atom stereocenters. The molecule has 0 bridgehead atoms. The molecule has 1 heterocycles. The van der Waals surface area contributed by atoms with E-state index < -0.39 is 0 Å². The minimum atomic E-state index is 0.157. The lowest BCUT2D eigenvalue weighted by molar-refractivity contribution is -0.126. The molecule has 1 aliphatic rings. The van der Waals surface area contributed by atoms with E-state index in [4.69, 9.17) is 4.74 Å². The molecule has 2 aromatic rings. The number of amides is 1. The molecule has 1 saturated carbocycles. The third-order valence-corrected chi connectivity index (χ3v) is 4.61. The van der Waals surface area contributed by atoms with Crippen LogP contribution in [0, 0.1) is 12.8 Å². The van der Waals surface area contributed by atoms with Crippen LogP contribution in [0.2, 0.25) is 0 Å². The summed E-state index contributed by atoms with van der Waals surface area (Å²) in [6.45, 7) is 2.95. The number of carbonyl (C=O) groups is 1. The molecule has 1 aromatic carbocycles. The molecule has 1 fully saturated rings. The van der Waals surface area contributed by atoms with Gasteiger partial charge in [0.1, 0.15) is 6.61 Å². The number of hydrogen-bond acceptors (Lipinski definition) is 4. The largest absolute Gasteiger partial charge is 0.475 e. The monoisotopic (exact) mass is 339 g/mol. The Morgan fingerprint density at radius 3 is 2.52 bits per heavy atom. The van der Waals surface area contributed by atoms with Gasteiger partial charge in [0.15, 0.2) is 0 Å². The highest BCUT2D eigenvalue weighted by molar-refractivity contribution is 5.78. The van der Waals surface area contributed by atoms with Gasteiger partial charge in [0, 0.05) is 17.5 Å². The molecule has 5 nitrogen and oxygen atoms in total. The fourth-order valence-corrected chi connectivity index (χ4v) is 3.11. The summed E-state index contributed by atoms with van der Waals surface area (Å²) in [4.78, 5) is 12.0. The third-order valence-electron chi connectivity index (χ3n) is 4.61. The second kappa shape index (κ2) is 8.60. The van der Waals surface area contributed by atoms with Crippen LogP contribution in [0.3, 0.4) is 0 Å². The Morgan fingerprint density at radius 1 is 1.08 bits per heavy atom. The van der Waals surface area contributed by atoms with Gasteiger partial charge in [-0.1, -0.05) is 49.1 Å². The van der Waals surface area contributed by atoms with Crippen molar-refractivity contribution in [1.29, 1.82) is 0 Å². The summed E-state index contributed by atoms with van der Waals surface area (Å²) in [7, 11) is 0. The quantitative estimate of drug-likeness (QED) is 0.818. The lowest BCUT2D eigenvalue weighted by Crippen LogP contribution is -2.34. The first kappa shape index (κ1) is 17.4. The van der Waals surface area contributed by atoms with Crippen molar-refractivity contribution < 1.29 is 9.53 Å². The zero-order chi connectivity index (χ0) is 17.5. The van der Waals surface area contributed by atoms with Gasteiger partial charge in [0.25, 0.3) is 0 Å².